The molecular weight excluding hydrogens is 284 g/mol. The van der Waals surface area contributed by atoms with Crippen LogP contribution in [0.5, 0.6) is 0 Å². The van der Waals surface area contributed by atoms with Crippen LogP contribution in [0.4, 0.5) is 0 Å². The Labute approximate surface area is 122 Å². The molecule has 0 aromatic rings. The fourth-order valence-corrected chi connectivity index (χ4v) is 5.67. The molecule has 0 radical (unpaired) electrons. The second-order valence-electron chi connectivity index (χ2n) is 5.73. The third-order valence-electron chi connectivity index (χ3n) is 4.34. The van der Waals surface area contributed by atoms with Gasteiger partial charge in [0.15, 0.2) is 0 Å². The van der Waals surface area contributed by atoms with Gasteiger partial charge in [0.25, 0.3) is 10.2 Å². The zero-order chi connectivity index (χ0) is 13.9. The van der Waals surface area contributed by atoms with Crippen molar-refractivity contribution in [2.24, 2.45) is 0 Å². The number of piperidine rings is 1. The third-order valence-corrected chi connectivity index (χ3v) is 6.90. The van der Waals surface area contributed by atoms with Gasteiger partial charge in [-0.25, -0.2) is 0 Å². The summed E-state index contributed by atoms with van der Waals surface area (Å²) in [4.78, 5) is 0. The van der Waals surface area contributed by atoms with Gasteiger partial charge in [0.2, 0.25) is 0 Å². The van der Waals surface area contributed by atoms with Crippen LogP contribution in [-0.2, 0) is 10.2 Å². The van der Waals surface area contributed by atoms with Gasteiger partial charge in [-0.1, -0.05) is 19.3 Å². The van der Waals surface area contributed by atoms with Gasteiger partial charge >= 0.3 is 0 Å². The van der Waals surface area contributed by atoms with Gasteiger partial charge in [0.1, 0.15) is 0 Å². The van der Waals surface area contributed by atoms with E-state index in [0.717, 1.165) is 44.9 Å². The maximum atomic E-state index is 12.9. The van der Waals surface area contributed by atoms with Crippen molar-refractivity contribution in [3.63, 3.8) is 0 Å². The first kappa shape index (κ1) is 15.5. The van der Waals surface area contributed by atoms with Gasteiger partial charge in [-0.2, -0.15) is 17.0 Å². The Bertz CT molecular complexity index is 388. The topological polar surface area (TPSA) is 40.6 Å². The fourth-order valence-electron chi connectivity index (χ4n) is 3.16. The highest BCUT2D eigenvalue weighted by molar-refractivity contribution is 7.86. The van der Waals surface area contributed by atoms with E-state index in [1.54, 1.807) is 8.61 Å². The lowest BCUT2D eigenvalue weighted by Gasteiger charge is -2.38. The Balaban J connectivity index is 2.20. The summed E-state index contributed by atoms with van der Waals surface area (Å²) in [5.74, 6) is 0.404. The molecule has 112 valence electrons. The van der Waals surface area contributed by atoms with Gasteiger partial charge < -0.3 is 0 Å². The fraction of sp³-hybridized carbons (Fsp3) is 1.00. The molecule has 0 saturated carbocycles. The third kappa shape index (κ3) is 3.43. The first-order chi connectivity index (χ1) is 9.07. The number of rotatable bonds is 3. The van der Waals surface area contributed by atoms with Crippen molar-refractivity contribution in [2.75, 3.05) is 19.0 Å². The summed E-state index contributed by atoms with van der Waals surface area (Å²) in [6.07, 6.45) is 7.11. The van der Waals surface area contributed by atoms with Gasteiger partial charge in [-0.05, 0) is 32.6 Å². The minimum atomic E-state index is -3.34. The molecule has 2 atom stereocenters. The number of halogens is 1. The minimum absolute atomic E-state index is 0.0247. The molecule has 2 aliphatic rings. The molecule has 4 nitrogen and oxygen atoms in total. The molecule has 2 unspecified atom stereocenters. The second-order valence-corrected chi connectivity index (χ2v) is 7.87. The van der Waals surface area contributed by atoms with Crippen LogP contribution < -0.4 is 0 Å². The smallest absolute Gasteiger partial charge is 0.195 e. The van der Waals surface area contributed by atoms with Crippen molar-refractivity contribution >= 4 is 21.8 Å². The van der Waals surface area contributed by atoms with Crippen LogP contribution in [0.3, 0.4) is 0 Å². The predicted octanol–water partition coefficient (Wildman–Crippen LogP) is 2.59. The molecule has 19 heavy (non-hydrogen) atoms. The SMILES string of the molecule is CC1CCCCN1S(=O)(=O)N1CCCCCC1CCl. The Morgan fingerprint density at radius 2 is 1.63 bits per heavy atom. The molecule has 2 heterocycles. The molecule has 0 aromatic heterocycles. The highest BCUT2D eigenvalue weighted by Gasteiger charge is 2.38. The molecule has 0 aromatic carbocycles. The van der Waals surface area contributed by atoms with Crippen molar-refractivity contribution in [2.45, 2.75) is 64.0 Å². The van der Waals surface area contributed by atoms with Crippen LogP contribution in [0.25, 0.3) is 0 Å². The molecule has 2 rings (SSSR count). The van der Waals surface area contributed by atoms with Gasteiger partial charge in [-0.3, -0.25) is 0 Å². The average Bonchev–Trinajstić information content (AvgIpc) is 2.64. The number of hydrogen-bond acceptors (Lipinski definition) is 2. The number of hydrogen-bond donors (Lipinski definition) is 0. The van der Waals surface area contributed by atoms with Crippen LogP contribution in [-0.4, -0.2) is 48.1 Å². The summed E-state index contributed by atoms with van der Waals surface area (Å²) in [5, 5.41) is 0. The monoisotopic (exact) mass is 308 g/mol. The summed E-state index contributed by atoms with van der Waals surface area (Å²) >= 11 is 6.00. The van der Waals surface area contributed by atoms with Crippen LogP contribution in [0.15, 0.2) is 0 Å². The normalized spacial score (nSPS) is 32.1. The molecular formula is C13H25ClN2O2S. The van der Waals surface area contributed by atoms with Crippen molar-refractivity contribution in [1.29, 1.82) is 0 Å². The summed E-state index contributed by atoms with van der Waals surface area (Å²) in [6.45, 7) is 3.31. The Hall–Kier alpha value is 0.160. The molecule has 6 heteroatoms. The second kappa shape index (κ2) is 6.74. The zero-order valence-electron chi connectivity index (χ0n) is 11.7. The van der Waals surface area contributed by atoms with Crippen molar-refractivity contribution in [1.82, 2.24) is 8.61 Å². The molecule has 0 aliphatic carbocycles. The van der Waals surface area contributed by atoms with Gasteiger partial charge in [0, 0.05) is 31.1 Å². The first-order valence-electron chi connectivity index (χ1n) is 7.42. The average molecular weight is 309 g/mol. The summed E-state index contributed by atoms with van der Waals surface area (Å²) < 4.78 is 29.1. The van der Waals surface area contributed by atoms with Crippen molar-refractivity contribution in [3.8, 4) is 0 Å². The van der Waals surface area contributed by atoms with Crippen molar-refractivity contribution in [3.05, 3.63) is 0 Å². The molecule has 2 saturated heterocycles. The van der Waals surface area contributed by atoms with Crippen molar-refractivity contribution < 1.29 is 8.42 Å². The highest BCUT2D eigenvalue weighted by atomic mass is 35.5. The largest absolute Gasteiger partial charge is 0.282 e. The van der Waals surface area contributed by atoms with Crippen LogP contribution in [0.1, 0.15) is 51.9 Å². The standard InChI is InChI=1S/C13H25ClN2O2S/c1-12-7-4-6-9-15(12)19(17,18)16-10-5-2-3-8-13(16)11-14/h12-13H,2-11H2,1H3. The summed E-state index contributed by atoms with van der Waals surface area (Å²) in [7, 11) is -3.34. The summed E-state index contributed by atoms with van der Waals surface area (Å²) in [5.41, 5.74) is 0. The van der Waals surface area contributed by atoms with E-state index in [2.05, 4.69) is 0 Å². The molecule has 0 N–H and O–H groups in total. The molecule has 2 fully saturated rings. The van der Waals surface area contributed by atoms with E-state index in [-0.39, 0.29) is 12.1 Å². The summed E-state index contributed by atoms with van der Waals surface area (Å²) in [6, 6.07) is 0.0984. The van der Waals surface area contributed by atoms with E-state index in [1.165, 1.54) is 0 Å². The Morgan fingerprint density at radius 3 is 2.32 bits per heavy atom. The van der Waals surface area contributed by atoms with Crippen LogP contribution >= 0.6 is 11.6 Å². The molecule has 0 bridgehead atoms. The molecule has 2 aliphatic heterocycles. The Morgan fingerprint density at radius 1 is 1.00 bits per heavy atom. The molecule has 0 spiro atoms. The maximum Gasteiger partial charge on any atom is 0.282 e. The van der Waals surface area contributed by atoms with Crippen LogP contribution in [0.2, 0.25) is 0 Å². The first-order valence-corrected chi connectivity index (χ1v) is 9.35. The van der Waals surface area contributed by atoms with E-state index in [4.69, 9.17) is 11.6 Å². The lowest BCUT2D eigenvalue weighted by molar-refractivity contribution is 0.232. The molecule has 0 amide bonds. The number of alkyl halides is 1. The van der Waals surface area contributed by atoms with Gasteiger partial charge in [-0.15, -0.1) is 11.6 Å². The quantitative estimate of drug-likeness (QED) is 0.752. The lowest BCUT2D eigenvalue weighted by atomic mass is 10.1. The zero-order valence-corrected chi connectivity index (χ0v) is 13.3. The van der Waals surface area contributed by atoms with E-state index in [1.807, 2.05) is 6.92 Å². The Kier molecular flexibility index (Phi) is 5.52. The van der Waals surface area contributed by atoms with Crippen LogP contribution in [0, 0.1) is 0 Å². The predicted molar refractivity (Wildman–Crippen MR) is 78.6 cm³/mol. The maximum absolute atomic E-state index is 12.9. The van der Waals surface area contributed by atoms with E-state index < -0.39 is 10.2 Å². The minimum Gasteiger partial charge on any atom is -0.195 e. The number of nitrogens with zero attached hydrogens (tertiary/aromatic N) is 2. The highest BCUT2D eigenvalue weighted by Crippen LogP contribution is 2.27. The lowest BCUT2D eigenvalue weighted by Crippen LogP contribution is -2.53. The van der Waals surface area contributed by atoms with Gasteiger partial charge in [0.05, 0.1) is 0 Å². The van der Waals surface area contributed by atoms with E-state index >= 15 is 0 Å². The van der Waals surface area contributed by atoms with E-state index in [0.29, 0.717) is 19.0 Å². The van der Waals surface area contributed by atoms with E-state index in [9.17, 15) is 8.42 Å².